The van der Waals surface area contributed by atoms with Gasteiger partial charge < -0.3 is 4.90 Å². The average molecular weight is 752 g/mol. The predicted molar refractivity (Wildman–Crippen MR) is 246 cm³/mol. The van der Waals surface area contributed by atoms with Crippen LogP contribution in [-0.2, 0) is 10.8 Å². The lowest BCUT2D eigenvalue weighted by molar-refractivity contribution is 0.660. The summed E-state index contributed by atoms with van der Waals surface area (Å²) in [7, 11) is 0. The zero-order valence-corrected chi connectivity index (χ0v) is 33.2. The normalized spacial score (nSPS) is 14.2. The van der Waals surface area contributed by atoms with Crippen molar-refractivity contribution in [1.82, 2.24) is 0 Å². The van der Waals surface area contributed by atoms with Crippen molar-refractivity contribution in [3.63, 3.8) is 0 Å². The van der Waals surface area contributed by atoms with Crippen LogP contribution >= 0.6 is 0 Å². The Morgan fingerprint density at radius 1 is 0.271 bits per heavy atom. The van der Waals surface area contributed by atoms with Crippen LogP contribution in [0.15, 0.2) is 212 Å². The lowest BCUT2D eigenvalue weighted by Crippen LogP contribution is -2.26. The van der Waals surface area contributed by atoms with Gasteiger partial charge in [0.15, 0.2) is 0 Å². The molecule has 3 aliphatic carbocycles. The lowest BCUT2D eigenvalue weighted by atomic mass is 9.70. The van der Waals surface area contributed by atoms with Crippen LogP contribution in [0.2, 0.25) is 0 Å². The second-order valence-corrected chi connectivity index (χ2v) is 16.8. The molecule has 0 atom stereocenters. The number of hydrogen-bond donors (Lipinski definition) is 0. The van der Waals surface area contributed by atoms with E-state index in [4.69, 9.17) is 0 Å². The summed E-state index contributed by atoms with van der Waals surface area (Å²) >= 11 is 0. The summed E-state index contributed by atoms with van der Waals surface area (Å²) in [4.78, 5) is 2.48. The van der Waals surface area contributed by atoms with E-state index in [1.54, 1.807) is 0 Å². The summed E-state index contributed by atoms with van der Waals surface area (Å²) in [5.41, 5.74) is 23.8. The van der Waals surface area contributed by atoms with Gasteiger partial charge in [0.25, 0.3) is 0 Å². The van der Waals surface area contributed by atoms with E-state index in [-0.39, 0.29) is 5.41 Å². The van der Waals surface area contributed by atoms with Crippen LogP contribution in [0.3, 0.4) is 0 Å². The van der Waals surface area contributed by atoms with Gasteiger partial charge in [-0.15, -0.1) is 0 Å². The Bertz CT molecular complexity index is 3070. The molecule has 0 aliphatic heterocycles. The number of anilines is 3. The minimum absolute atomic E-state index is 0.0714. The first-order chi connectivity index (χ1) is 29.0. The predicted octanol–water partition coefficient (Wildman–Crippen LogP) is 15.1. The van der Waals surface area contributed by atoms with Crippen LogP contribution in [0, 0.1) is 0 Å². The Kier molecular flexibility index (Phi) is 7.26. The van der Waals surface area contributed by atoms with Crippen molar-refractivity contribution in [2.75, 3.05) is 4.90 Å². The molecule has 9 aromatic carbocycles. The fraction of sp³-hybridized carbons (Fsp3) is 0.0690. The van der Waals surface area contributed by atoms with E-state index in [9.17, 15) is 0 Å². The summed E-state index contributed by atoms with van der Waals surface area (Å²) in [5, 5.41) is 0. The largest absolute Gasteiger partial charge is 0.310 e. The molecule has 0 N–H and O–H groups in total. The molecular weight excluding hydrogens is 711 g/mol. The molecule has 0 heterocycles. The Balaban J connectivity index is 1.08. The van der Waals surface area contributed by atoms with Gasteiger partial charge in [-0.25, -0.2) is 0 Å². The Hall–Kier alpha value is -7.22. The van der Waals surface area contributed by atoms with E-state index < -0.39 is 5.41 Å². The molecule has 9 aromatic rings. The molecule has 1 spiro atoms. The summed E-state index contributed by atoms with van der Waals surface area (Å²) < 4.78 is 0. The number of fused-ring (bicyclic) bond motifs is 13. The van der Waals surface area contributed by atoms with E-state index in [1.165, 1.54) is 89.0 Å². The second kappa shape index (κ2) is 12.6. The molecule has 1 nitrogen and oxygen atoms in total. The molecule has 0 saturated carbocycles. The van der Waals surface area contributed by atoms with E-state index in [0.717, 1.165) is 17.1 Å². The van der Waals surface area contributed by atoms with Crippen LogP contribution < -0.4 is 4.90 Å². The van der Waals surface area contributed by atoms with Crippen molar-refractivity contribution in [2.24, 2.45) is 0 Å². The minimum atomic E-state index is -0.424. The highest BCUT2D eigenvalue weighted by atomic mass is 15.1. The smallest absolute Gasteiger partial charge is 0.0726 e. The van der Waals surface area contributed by atoms with Gasteiger partial charge in [-0.2, -0.15) is 0 Å². The third-order valence-electron chi connectivity index (χ3n) is 13.5. The third kappa shape index (κ3) is 4.73. The molecule has 0 bridgehead atoms. The molecular formula is C58H41N. The van der Waals surface area contributed by atoms with Gasteiger partial charge in [0.05, 0.1) is 5.41 Å². The van der Waals surface area contributed by atoms with E-state index >= 15 is 0 Å². The molecule has 0 unspecified atom stereocenters. The molecule has 0 aromatic heterocycles. The fourth-order valence-corrected chi connectivity index (χ4v) is 10.9. The third-order valence-corrected chi connectivity index (χ3v) is 13.5. The summed E-state index contributed by atoms with van der Waals surface area (Å²) in [6, 6.07) is 79.2. The highest BCUT2D eigenvalue weighted by Crippen LogP contribution is 2.63. The van der Waals surface area contributed by atoms with Crippen molar-refractivity contribution < 1.29 is 0 Å². The summed E-state index contributed by atoms with van der Waals surface area (Å²) in [5.74, 6) is 0. The topological polar surface area (TPSA) is 3.24 Å². The van der Waals surface area contributed by atoms with Crippen molar-refractivity contribution >= 4 is 17.1 Å². The molecule has 1 heteroatoms. The molecule has 0 saturated heterocycles. The quantitative estimate of drug-likeness (QED) is 0.169. The van der Waals surface area contributed by atoms with Gasteiger partial charge in [0.2, 0.25) is 0 Å². The first kappa shape index (κ1) is 33.9. The van der Waals surface area contributed by atoms with Crippen molar-refractivity contribution in [2.45, 2.75) is 24.7 Å². The van der Waals surface area contributed by atoms with Gasteiger partial charge in [0.1, 0.15) is 0 Å². The standard InChI is InChI=1S/C58H41N/c1-57(2)51-24-12-8-23-48(51)50-36-41(33-35-52(50)57)59(40-30-28-39(29-31-40)44-19-7-6-18-43(44)38-16-4-3-5-17-38)42-32-34-49-47-22-11-15-27-55(47)58(56(49)37-42)53-25-13-9-20-45(53)46-21-10-14-26-54(46)58/h3-37H,1-2H3. The Labute approximate surface area is 346 Å². The second-order valence-electron chi connectivity index (χ2n) is 16.8. The minimum Gasteiger partial charge on any atom is -0.310 e. The van der Waals surface area contributed by atoms with Crippen LogP contribution in [0.1, 0.15) is 47.2 Å². The van der Waals surface area contributed by atoms with Gasteiger partial charge in [-0.1, -0.05) is 190 Å². The van der Waals surface area contributed by atoms with E-state index in [2.05, 4.69) is 231 Å². The van der Waals surface area contributed by atoms with Gasteiger partial charge in [-0.05, 0) is 125 Å². The van der Waals surface area contributed by atoms with Crippen LogP contribution in [0.25, 0.3) is 55.6 Å². The first-order valence-corrected chi connectivity index (χ1v) is 20.8. The van der Waals surface area contributed by atoms with Crippen molar-refractivity contribution in [1.29, 1.82) is 0 Å². The SMILES string of the molecule is CC1(C)c2ccccc2-c2cc(N(c3ccc(-c4ccccc4-c4ccccc4)cc3)c3ccc4c(c3)C3(c5ccccc5-c5ccccc53)c3ccccc3-4)ccc21. The molecule has 0 fully saturated rings. The van der Waals surface area contributed by atoms with Gasteiger partial charge in [-0.3, -0.25) is 0 Å². The Morgan fingerprint density at radius 2 is 0.661 bits per heavy atom. The van der Waals surface area contributed by atoms with E-state index in [1.807, 2.05) is 0 Å². The lowest BCUT2D eigenvalue weighted by Gasteiger charge is -2.32. The molecule has 12 rings (SSSR count). The van der Waals surface area contributed by atoms with Crippen LogP contribution in [0.5, 0.6) is 0 Å². The highest BCUT2D eigenvalue weighted by Gasteiger charge is 2.51. The maximum atomic E-state index is 2.50. The summed E-state index contributed by atoms with van der Waals surface area (Å²) in [6.45, 7) is 4.71. The Morgan fingerprint density at radius 3 is 1.24 bits per heavy atom. The van der Waals surface area contributed by atoms with Gasteiger partial charge in [0, 0.05) is 22.5 Å². The number of benzene rings is 9. The first-order valence-electron chi connectivity index (χ1n) is 20.8. The van der Waals surface area contributed by atoms with Gasteiger partial charge >= 0.3 is 0 Å². The maximum Gasteiger partial charge on any atom is 0.0726 e. The molecule has 0 amide bonds. The summed E-state index contributed by atoms with van der Waals surface area (Å²) in [6.07, 6.45) is 0. The molecule has 278 valence electrons. The average Bonchev–Trinajstić information content (AvgIpc) is 3.85. The monoisotopic (exact) mass is 751 g/mol. The highest BCUT2D eigenvalue weighted by molar-refractivity contribution is 5.97. The molecule has 3 aliphatic rings. The molecule has 0 radical (unpaired) electrons. The zero-order chi connectivity index (χ0) is 39.3. The van der Waals surface area contributed by atoms with Crippen LogP contribution in [0.4, 0.5) is 17.1 Å². The fourth-order valence-electron chi connectivity index (χ4n) is 10.9. The number of rotatable bonds is 5. The van der Waals surface area contributed by atoms with Crippen molar-refractivity contribution in [3.05, 3.63) is 246 Å². The number of hydrogen-bond acceptors (Lipinski definition) is 1. The zero-order valence-electron chi connectivity index (χ0n) is 33.2. The number of nitrogens with zero attached hydrogens (tertiary/aromatic N) is 1. The molecule has 59 heavy (non-hydrogen) atoms. The van der Waals surface area contributed by atoms with Crippen molar-refractivity contribution in [3.8, 4) is 55.6 Å². The van der Waals surface area contributed by atoms with Crippen LogP contribution in [-0.4, -0.2) is 0 Å². The maximum absolute atomic E-state index is 2.50. The van der Waals surface area contributed by atoms with E-state index in [0.29, 0.717) is 0 Å².